The predicted octanol–water partition coefficient (Wildman–Crippen LogP) is 3.89. The van der Waals surface area contributed by atoms with Crippen LogP contribution in [0.1, 0.15) is 29.5 Å². The van der Waals surface area contributed by atoms with Crippen molar-refractivity contribution in [1.82, 2.24) is 23.9 Å². The molecule has 0 bridgehead atoms. The molecule has 13 heteroatoms. The Kier molecular flexibility index (Phi) is 6.70. The molecule has 5 rings (SSSR count). The van der Waals surface area contributed by atoms with Gasteiger partial charge in [0.1, 0.15) is 16.6 Å². The van der Waals surface area contributed by atoms with Crippen LogP contribution in [0.3, 0.4) is 0 Å². The van der Waals surface area contributed by atoms with Crippen molar-refractivity contribution in [2.75, 3.05) is 43.2 Å². The summed E-state index contributed by atoms with van der Waals surface area (Å²) in [5, 5.41) is 16.2. The van der Waals surface area contributed by atoms with Gasteiger partial charge in [-0.2, -0.15) is 9.78 Å². The fraction of sp³-hybridized carbons (Fsp3) is 0.417. The smallest absolute Gasteiger partial charge is 0.216 e. The van der Waals surface area contributed by atoms with E-state index in [0.29, 0.717) is 22.2 Å². The van der Waals surface area contributed by atoms with Gasteiger partial charge in [0.15, 0.2) is 10.9 Å². The quantitative estimate of drug-likeness (QED) is 0.337. The molecule has 0 spiro atoms. The Morgan fingerprint density at radius 2 is 1.92 bits per heavy atom. The maximum atomic E-state index is 12.0. The summed E-state index contributed by atoms with van der Waals surface area (Å²) in [7, 11) is 0.304. The van der Waals surface area contributed by atoms with Gasteiger partial charge in [0, 0.05) is 38.8 Å². The van der Waals surface area contributed by atoms with Crippen molar-refractivity contribution in [3.8, 4) is 17.3 Å². The van der Waals surface area contributed by atoms with Crippen molar-refractivity contribution in [2.45, 2.75) is 32.7 Å². The molecule has 1 aliphatic rings. The number of hydrogen-bond acceptors (Lipinski definition) is 10. The zero-order valence-corrected chi connectivity index (χ0v) is 23.8. The molecule has 0 radical (unpaired) electrons. The van der Waals surface area contributed by atoms with Gasteiger partial charge in [0.05, 0.1) is 11.9 Å². The number of thiazole rings is 1. The third-order valence-electron chi connectivity index (χ3n) is 6.69. The number of rotatable bonds is 7. The van der Waals surface area contributed by atoms with Crippen LogP contribution in [0.2, 0.25) is 0 Å². The fourth-order valence-corrected chi connectivity index (χ4v) is 6.99. The van der Waals surface area contributed by atoms with Gasteiger partial charge in [0.2, 0.25) is 20.1 Å². The van der Waals surface area contributed by atoms with Gasteiger partial charge in [-0.3, -0.25) is 0 Å². The standard InChI is InChI=1S/C24H28N8O2S3/c1-6-18-21(29(3)22-27-20(19(13-25)35-22)16-9-7-15(2)8-10-16)32-23(26-18)36-24(28-32)31-12-11-17(14-31)30(4)37(5,33)34/h7-10,17H,6,11-12,14H2,1-5H3. The maximum absolute atomic E-state index is 12.0. The Morgan fingerprint density at radius 1 is 1.19 bits per heavy atom. The number of hydrogen-bond donors (Lipinski definition) is 0. The van der Waals surface area contributed by atoms with Crippen LogP contribution in [-0.4, -0.2) is 71.8 Å². The second-order valence-corrected chi connectivity index (χ2v) is 13.1. The van der Waals surface area contributed by atoms with Crippen molar-refractivity contribution in [2.24, 2.45) is 0 Å². The Labute approximate surface area is 224 Å². The summed E-state index contributed by atoms with van der Waals surface area (Å²) in [6, 6.07) is 10.2. The van der Waals surface area contributed by atoms with Gasteiger partial charge < -0.3 is 9.80 Å². The molecule has 10 nitrogen and oxygen atoms in total. The zero-order chi connectivity index (χ0) is 26.5. The topological polar surface area (TPSA) is 111 Å². The van der Waals surface area contributed by atoms with E-state index >= 15 is 0 Å². The van der Waals surface area contributed by atoms with E-state index in [1.54, 1.807) is 7.05 Å². The van der Waals surface area contributed by atoms with Gasteiger partial charge in [-0.1, -0.05) is 59.4 Å². The van der Waals surface area contributed by atoms with Crippen LogP contribution in [-0.2, 0) is 16.4 Å². The van der Waals surface area contributed by atoms with Gasteiger partial charge in [-0.15, -0.1) is 5.10 Å². The van der Waals surface area contributed by atoms with E-state index < -0.39 is 10.0 Å². The molecule has 4 aromatic rings. The van der Waals surface area contributed by atoms with E-state index in [0.717, 1.165) is 52.1 Å². The van der Waals surface area contributed by atoms with E-state index in [-0.39, 0.29) is 6.04 Å². The van der Waals surface area contributed by atoms with Gasteiger partial charge in [-0.25, -0.2) is 22.7 Å². The molecule has 1 aromatic carbocycles. The minimum atomic E-state index is -3.25. The minimum absolute atomic E-state index is 0.0838. The fourth-order valence-electron chi connectivity index (χ4n) is 4.48. The van der Waals surface area contributed by atoms with Crippen LogP contribution >= 0.6 is 22.7 Å². The normalized spacial score (nSPS) is 16.1. The predicted molar refractivity (Wildman–Crippen MR) is 149 cm³/mol. The average molecular weight is 557 g/mol. The Morgan fingerprint density at radius 3 is 2.57 bits per heavy atom. The van der Waals surface area contributed by atoms with Crippen molar-refractivity contribution in [3.63, 3.8) is 0 Å². The summed E-state index contributed by atoms with van der Waals surface area (Å²) < 4.78 is 27.3. The van der Waals surface area contributed by atoms with Gasteiger partial charge in [-0.05, 0) is 19.8 Å². The Balaban J connectivity index is 1.48. The molecule has 0 amide bonds. The lowest BCUT2D eigenvalue weighted by Gasteiger charge is -2.22. The van der Waals surface area contributed by atoms with Crippen LogP contribution in [0, 0.1) is 18.3 Å². The van der Waals surface area contributed by atoms with E-state index in [4.69, 9.17) is 15.1 Å². The van der Waals surface area contributed by atoms with Crippen LogP contribution < -0.4 is 9.80 Å². The molecule has 0 saturated carbocycles. The largest absolute Gasteiger partial charge is 0.345 e. The molecule has 0 aliphatic carbocycles. The molecule has 0 N–H and O–H groups in total. The zero-order valence-electron chi connectivity index (χ0n) is 21.3. The van der Waals surface area contributed by atoms with E-state index in [1.807, 2.05) is 47.7 Å². The second-order valence-electron chi connectivity index (χ2n) is 9.19. The highest BCUT2D eigenvalue weighted by atomic mass is 32.2. The van der Waals surface area contributed by atoms with Gasteiger partial charge in [0.25, 0.3) is 0 Å². The number of anilines is 3. The van der Waals surface area contributed by atoms with Crippen LogP contribution in [0.5, 0.6) is 0 Å². The molecule has 1 unspecified atom stereocenters. The summed E-state index contributed by atoms with van der Waals surface area (Å²) in [5.74, 6) is 0.817. The lowest BCUT2D eigenvalue weighted by atomic mass is 10.1. The number of nitrogens with zero attached hydrogens (tertiary/aromatic N) is 8. The number of sulfonamides is 1. The first-order valence-electron chi connectivity index (χ1n) is 11.9. The van der Waals surface area contributed by atoms with Crippen LogP contribution in [0.4, 0.5) is 16.1 Å². The highest BCUT2D eigenvalue weighted by molar-refractivity contribution is 7.88. The third kappa shape index (κ3) is 4.70. The number of imidazole rings is 1. The molecule has 3 aromatic heterocycles. The lowest BCUT2D eigenvalue weighted by Crippen LogP contribution is -2.38. The third-order valence-corrected chi connectivity index (χ3v) is 10.0. The summed E-state index contributed by atoms with van der Waals surface area (Å²) in [5.41, 5.74) is 3.63. The Hall–Kier alpha value is -3.05. The van der Waals surface area contributed by atoms with E-state index in [2.05, 4.69) is 17.9 Å². The number of aromatic nitrogens is 4. The van der Waals surface area contributed by atoms with E-state index in [9.17, 15) is 13.7 Å². The van der Waals surface area contributed by atoms with Crippen molar-refractivity contribution >= 4 is 53.7 Å². The number of aryl methyl sites for hydroxylation is 2. The second kappa shape index (κ2) is 9.68. The first-order chi connectivity index (χ1) is 17.6. The molecular weight excluding hydrogens is 529 g/mol. The summed E-state index contributed by atoms with van der Waals surface area (Å²) >= 11 is 2.84. The molecule has 194 valence electrons. The monoisotopic (exact) mass is 556 g/mol. The first-order valence-corrected chi connectivity index (χ1v) is 15.4. The van der Waals surface area contributed by atoms with E-state index in [1.165, 1.54) is 33.2 Å². The van der Waals surface area contributed by atoms with Crippen molar-refractivity contribution in [3.05, 3.63) is 40.4 Å². The van der Waals surface area contributed by atoms with Gasteiger partial charge >= 0.3 is 0 Å². The maximum Gasteiger partial charge on any atom is 0.216 e. The van der Waals surface area contributed by atoms with Crippen molar-refractivity contribution < 1.29 is 8.42 Å². The number of fused-ring (bicyclic) bond motifs is 1. The number of benzene rings is 1. The minimum Gasteiger partial charge on any atom is -0.345 e. The molecule has 1 aliphatic heterocycles. The average Bonchev–Trinajstić information content (AvgIpc) is 3.64. The molecule has 1 fully saturated rings. The molecule has 37 heavy (non-hydrogen) atoms. The summed E-state index contributed by atoms with van der Waals surface area (Å²) in [6.07, 6.45) is 2.70. The lowest BCUT2D eigenvalue weighted by molar-refractivity contribution is 0.393. The van der Waals surface area contributed by atoms with Crippen LogP contribution in [0.15, 0.2) is 24.3 Å². The number of nitriles is 1. The Bertz CT molecular complexity index is 1600. The first kappa shape index (κ1) is 25.6. The highest BCUT2D eigenvalue weighted by Crippen LogP contribution is 2.38. The highest BCUT2D eigenvalue weighted by Gasteiger charge is 2.32. The SMILES string of the molecule is CCc1nc2sc(N3CCC(N(C)S(C)(=O)=O)C3)nn2c1N(C)c1nc(-c2ccc(C)cc2)c(C#N)s1. The molecule has 1 atom stereocenters. The van der Waals surface area contributed by atoms with Crippen LogP contribution in [0.25, 0.3) is 16.2 Å². The molecular formula is C24H28N8O2S3. The van der Waals surface area contributed by atoms with Crippen molar-refractivity contribution in [1.29, 1.82) is 5.26 Å². The summed E-state index contributed by atoms with van der Waals surface area (Å²) in [6.45, 7) is 5.40. The number of likely N-dealkylation sites (N-methyl/N-ethyl adjacent to an activating group) is 1. The molecule has 4 heterocycles. The molecule has 1 saturated heterocycles. The summed E-state index contributed by atoms with van der Waals surface area (Å²) in [4.78, 5) is 15.1.